The molecule has 3 heterocycles. The molecule has 0 aromatic carbocycles. The Hall–Kier alpha value is -1.24. The monoisotopic (exact) mass is 306 g/mol. The van der Waals surface area contributed by atoms with Gasteiger partial charge in [0, 0.05) is 26.2 Å². The maximum Gasteiger partial charge on any atom is 0.268 e. The first kappa shape index (κ1) is 14.7. The summed E-state index contributed by atoms with van der Waals surface area (Å²) in [4.78, 5) is 8.19. The van der Waals surface area contributed by atoms with Crippen LogP contribution in [0.5, 0.6) is 0 Å². The van der Waals surface area contributed by atoms with Gasteiger partial charge < -0.3 is 9.84 Å². The lowest BCUT2D eigenvalue weighted by Gasteiger charge is -2.38. The van der Waals surface area contributed by atoms with Crippen LogP contribution >= 0.6 is 11.3 Å². The van der Waals surface area contributed by atoms with E-state index in [4.69, 9.17) is 4.52 Å². The molecule has 0 bridgehead atoms. The summed E-state index contributed by atoms with van der Waals surface area (Å²) in [5.41, 5.74) is 1.07. The van der Waals surface area contributed by atoms with Gasteiger partial charge in [-0.3, -0.25) is 4.90 Å². The molecule has 0 amide bonds. The third-order valence-electron chi connectivity index (χ3n) is 4.20. The van der Waals surface area contributed by atoms with Gasteiger partial charge in [-0.05, 0) is 37.3 Å². The van der Waals surface area contributed by atoms with Crippen molar-refractivity contribution >= 4 is 11.3 Å². The van der Waals surface area contributed by atoms with Crippen molar-refractivity contribution < 1.29 is 4.52 Å². The highest BCUT2D eigenvalue weighted by Gasteiger charge is 2.34. The number of thiophene rings is 1. The first-order chi connectivity index (χ1) is 10.1. The Bertz CT molecular complexity index is 598. The molecule has 0 radical (unpaired) electrons. The van der Waals surface area contributed by atoms with Crippen molar-refractivity contribution in [2.24, 2.45) is 0 Å². The molecule has 0 saturated carbocycles. The van der Waals surface area contributed by atoms with Crippen LogP contribution in [0, 0.1) is 0 Å². The van der Waals surface area contributed by atoms with Crippen LogP contribution in [0.15, 0.2) is 16.0 Å². The normalized spacial score (nSPS) is 17.3. The number of hydrogen-bond acceptors (Lipinski definition) is 6. The second-order valence-electron chi connectivity index (χ2n) is 5.85. The number of piperazine rings is 1. The third-order valence-corrected chi connectivity index (χ3v) is 5.15. The minimum atomic E-state index is -0.201. The van der Waals surface area contributed by atoms with Crippen LogP contribution < -0.4 is 5.32 Å². The molecule has 0 aliphatic carbocycles. The zero-order chi connectivity index (χ0) is 14.9. The summed E-state index contributed by atoms with van der Waals surface area (Å²) in [7, 11) is 0. The second kappa shape index (κ2) is 5.87. The van der Waals surface area contributed by atoms with Gasteiger partial charge >= 0.3 is 0 Å². The number of aryl methyl sites for hydroxylation is 1. The first-order valence-corrected chi connectivity index (χ1v) is 8.37. The molecule has 2 aromatic rings. The lowest BCUT2D eigenvalue weighted by atomic mass is 10.0. The Morgan fingerprint density at radius 1 is 1.38 bits per heavy atom. The summed E-state index contributed by atoms with van der Waals surface area (Å²) in [5, 5.41) is 9.71. The zero-order valence-electron chi connectivity index (χ0n) is 12.8. The van der Waals surface area contributed by atoms with Gasteiger partial charge in [-0.15, -0.1) is 11.3 Å². The molecule has 0 atom stereocenters. The third kappa shape index (κ3) is 2.75. The summed E-state index contributed by atoms with van der Waals surface area (Å²) in [6.45, 7) is 10.5. The Labute approximate surface area is 129 Å². The Morgan fingerprint density at radius 3 is 2.86 bits per heavy atom. The summed E-state index contributed by atoms with van der Waals surface area (Å²) in [6.07, 6.45) is 0.984. The van der Waals surface area contributed by atoms with E-state index in [9.17, 15) is 0 Å². The van der Waals surface area contributed by atoms with E-state index in [0.717, 1.165) is 43.3 Å². The van der Waals surface area contributed by atoms with Crippen molar-refractivity contribution in [1.82, 2.24) is 20.4 Å². The highest BCUT2D eigenvalue weighted by Crippen LogP contribution is 2.32. The van der Waals surface area contributed by atoms with E-state index in [2.05, 4.69) is 52.6 Å². The van der Waals surface area contributed by atoms with E-state index >= 15 is 0 Å². The van der Waals surface area contributed by atoms with Crippen molar-refractivity contribution in [1.29, 1.82) is 0 Å². The summed E-state index contributed by atoms with van der Waals surface area (Å²) in [5.74, 6) is 1.43. The molecular formula is C15H22N4OS. The van der Waals surface area contributed by atoms with E-state index < -0.39 is 0 Å². The van der Waals surface area contributed by atoms with E-state index in [1.165, 1.54) is 5.56 Å². The fourth-order valence-corrected chi connectivity index (χ4v) is 3.65. The van der Waals surface area contributed by atoms with Crippen molar-refractivity contribution in [3.05, 3.63) is 22.8 Å². The maximum absolute atomic E-state index is 5.54. The number of aromatic nitrogens is 2. The minimum absolute atomic E-state index is 0.201. The topological polar surface area (TPSA) is 54.2 Å². The molecular weight excluding hydrogens is 284 g/mol. The van der Waals surface area contributed by atoms with Gasteiger partial charge in [0.2, 0.25) is 0 Å². The number of nitrogens with one attached hydrogen (secondary N) is 1. The van der Waals surface area contributed by atoms with Crippen LogP contribution in [-0.2, 0) is 12.0 Å². The molecule has 5 nitrogen and oxygen atoms in total. The van der Waals surface area contributed by atoms with Crippen LogP contribution in [0.4, 0.5) is 0 Å². The number of nitrogens with zero attached hydrogens (tertiary/aromatic N) is 3. The van der Waals surface area contributed by atoms with Gasteiger partial charge in [-0.1, -0.05) is 12.1 Å². The Balaban J connectivity index is 1.87. The molecule has 114 valence electrons. The van der Waals surface area contributed by atoms with Crippen LogP contribution in [0.2, 0.25) is 0 Å². The fourth-order valence-electron chi connectivity index (χ4n) is 2.73. The lowest BCUT2D eigenvalue weighted by Crippen LogP contribution is -2.52. The Morgan fingerprint density at radius 2 is 2.14 bits per heavy atom. The number of rotatable bonds is 4. The van der Waals surface area contributed by atoms with Crippen LogP contribution in [0.1, 0.15) is 32.2 Å². The number of hydrogen-bond donors (Lipinski definition) is 1. The van der Waals surface area contributed by atoms with E-state index in [0.29, 0.717) is 5.89 Å². The largest absolute Gasteiger partial charge is 0.333 e. The van der Waals surface area contributed by atoms with Crippen molar-refractivity contribution in [3.63, 3.8) is 0 Å². The van der Waals surface area contributed by atoms with Crippen LogP contribution in [0.3, 0.4) is 0 Å². The average Bonchev–Trinajstić information content (AvgIpc) is 3.16. The first-order valence-electron chi connectivity index (χ1n) is 7.49. The van der Waals surface area contributed by atoms with E-state index in [1.54, 1.807) is 11.3 Å². The lowest BCUT2D eigenvalue weighted by molar-refractivity contribution is 0.0925. The van der Waals surface area contributed by atoms with Crippen LogP contribution in [0.25, 0.3) is 10.8 Å². The molecule has 6 heteroatoms. The predicted molar refractivity (Wildman–Crippen MR) is 84.5 cm³/mol. The average molecular weight is 306 g/mol. The highest BCUT2D eigenvalue weighted by molar-refractivity contribution is 7.13. The van der Waals surface area contributed by atoms with Gasteiger partial charge in [0.1, 0.15) is 0 Å². The molecule has 0 spiro atoms. The molecule has 1 aliphatic heterocycles. The fraction of sp³-hybridized carbons (Fsp3) is 0.600. The van der Waals surface area contributed by atoms with Gasteiger partial charge in [-0.2, -0.15) is 4.98 Å². The van der Waals surface area contributed by atoms with Gasteiger partial charge in [0.15, 0.2) is 5.82 Å². The molecule has 0 unspecified atom stereocenters. The van der Waals surface area contributed by atoms with Gasteiger partial charge in [-0.25, -0.2) is 0 Å². The molecule has 3 rings (SSSR count). The second-order valence-corrected chi connectivity index (χ2v) is 6.76. The zero-order valence-corrected chi connectivity index (χ0v) is 13.7. The standard InChI is InChI=1S/C15H22N4OS/c1-4-11-5-10-21-12(11)13-17-14(18-20-13)15(2,3)19-8-6-16-7-9-19/h5,10,16H,4,6-9H2,1-3H3. The quantitative estimate of drug-likeness (QED) is 0.940. The highest BCUT2D eigenvalue weighted by atomic mass is 32.1. The minimum Gasteiger partial charge on any atom is -0.333 e. The van der Waals surface area contributed by atoms with Crippen LogP contribution in [-0.4, -0.2) is 41.2 Å². The molecule has 1 N–H and O–H groups in total. The predicted octanol–water partition coefficient (Wildman–Crippen LogP) is 2.50. The summed E-state index contributed by atoms with van der Waals surface area (Å²) in [6, 6.07) is 2.13. The smallest absolute Gasteiger partial charge is 0.268 e. The Kier molecular flexibility index (Phi) is 4.10. The van der Waals surface area contributed by atoms with Gasteiger partial charge in [0.25, 0.3) is 5.89 Å². The van der Waals surface area contributed by atoms with Crippen molar-refractivity contribution in [2.45, 2.75) is 32.7 Å². The maximum atomic E-state index is 5.54. The van der Waals surface area contributed by atoms with Crippen molar-refractivity contribution in [2.75, 3.05) is 26.2 Å². The molecule has 21 heavy (non-hydrogen) atoms. The molecule has 1 saturated heterocycles. The summed E-state index contributed by atoms with van der Waals surface area (Å²) < 4.78 is 5.54. The molecule has 2 aromatic heterocycles. The molecule has 1 aliphatic rings. The molecule has 1 fully saturated rings. The van der Waals surface area contributed by atoms with E-state index in [1.807, 2.05) is 0 Å². The van der Waals surface area contributed by atoms with Crippen molar-refractivity contribution in [3.8, 4) is 10.8 Å². The van der Waals surface area contributed by atoms with E-state index in [-0.39, 0.29) is 5.54 Å². The SMILES string of the molecule is CCc1ccsc1-c1nc(C(C)(C)N2CCNCC2)no1. The van der Waals surface area contributed by atoms with Gasteiger partial charge in [0.05, 0.1) is 10.4 Å². The summed E-state index contributed by atoms with van der Waals surface area (Å²) >= 11 is 1.67.